The molecule has 4 amide bonds. The van der Waals surface area contributed by atoms with Gasteiger partial charge in [-0.1, -0.05) is 26.0 Å². The minimum absolute atomic E-state index is 0.0935. The van der Waals surface area contributed by atoms with Crippen LogP contribution in [0.15, 0.2) is 24.3 Å². The van der Waals surface area contributed by atoms with Crippen molar-refractivity contribution in [2.24, 2.45) is 5.92 Å². The molecule has 1 aromatic carbocycles. The lowest BCUT2D eigenvalue weighted by molar-refractivity contribution is -0.128. The van der Waals surface area contributed by atoms with Crippen LogP contribution >= 0.6 is 0 Å². The first-order valence-corrected chi connectivity index (χ1v) is 9.00. The molecular formula is C19H27N3O5. The van der Waals surface area contributed by atoms with E-state index in [1.807, 2.05) is 13.8 Å². The van der Waals surface area contributed by atoms with Gasteiger partial charge in [-0.05, 0) is 30.0 Å². The Bertz CT molecular complexity index is 674. The number of carbonyl (C=O) groups is 3. The van der Waals surface area contributed by atoms with Gasteiger partial charge in [0.05, 0.1) is 26.3 Å². The molecule has 1 heterocycles. The highest BCUT2D eigenvalue weighted by atomic mass is 16.5. The summed E-state index contributed by atoms with van der Waals surface area (Å²) in [6.45, 7) is 3.83. The molecule has 8 heteroatoms. The Morgan fingerprint density at radius 2 is 1.96 bits per heavy atom. The second-order valence-electron chi connectivity index (χ2n) is 6.91. The van der Waals surface area contributed by atoms with Crippen molar-refractivity contribution < 1.29 is 24.2 Å². The van der Waals surface area contributed by atoms with Crippen molar-refractivity contribution >= 4 is 17.8 Å². The van der Waals surface area contributed by atoms with Gasteiger partial charge in [0.25, 0.3) is 5.91 Å². The van der Waals surface area contributed by atoms with Gasteiger partial charge in [0.2, 0.25) is 5.91 Å². The number of hydrogen-bond donors (Lipinski definition) is 3. The van der Waals surface area contributed by atoms with E-state index < -0.39 is 12.1 Å². The minimum atomic E-state index is -0.715. The van der Waals surface area contributed by atoms with E-state index in [4.69, 9.17) is 4.74 Å². The second-order valence-corrected chi connectivity index (χ2v) is 6.91. The number of ether oxygens (including phenoxy) is 1. The third kappa shape index (κ3) is 5.43. The number of hydrogen-bond acceptors (Lipinski definition) is 5. The summed E-state index contributed by atoms with van der Waals surface area (Å²) < 4.78 is 5.09. The molecule has 1 aliphatic rings. The molecule has 148 valence electrons. The topological polar surface area (TPSA) is 108 Å². The van der Waals surface area contributed by atoms with Crippen LogP contribution in [0, 0.1) is 5.92 Å². The lowest BCUT2D eigenvalue weighted by Gasteiger charge is -2.20. The summed E-state index contributed by atoms with van der Waals surface area (Å²) >= 11 is 0. The molecule has 8 nitrogen and oxygen atoms in total. The quantitative estimate of drug-likeness (QED) is 0.557. The van der Waals surface area contributed by atoms with E-state index in [9.17, 15) is 19.5 Å². The van der Waals surface area contributed by atoms with Crippen molar-refractivity contribution in [1.82, 2.24) is 15.5 Å². The van der Waals surface area contributed by atoms with Gasteiger partial charge in [-0.25, -0.2) is 4.79 Å². The van der Waals surface area contributed by atoms with E-state index in [-0.39, 0.29) is 49.8 Å². The highest BCUT2D eigenvalue weighted by Gasteiger charge is 2.37. The molecule has 1 saturated heterocycles. The summed E-state index contributed by atoms with van der Waals surface area (Å²) in [6, 6.07) is 5.62. The molecule has 1 aliphatic heterocycles. The van der Waals surface area contributed by atoms with Crippen LogP contribution in [0.4, 0.5) is 4.79 Å². The smallest absolute Gasteiger partial charge is 0.325 e. The fraction of sp³-hybridized carbons (Fsp3) is 0.526. The number of benzene rings is 1. The molecule has 27 heavy (non-hydrogen) atoms. The van der Waals surface area contributed by atoms with E-state index in [0.29, 0.717) is 5.75 Å². The fourth-order valence-corrected chi connectivity index (χ4v) is 2.81. The second kappa shape index (κ2) is 9.36. The van der Waals surface area contributed by atoms with E-state index >= 15 is 0 Å². The van der Waals surface area contributed by atoms with Gasteiger partial charge in [0.15, 0.2) is 0 Å². The maximum atomic E-state index is 12.5. The number of aliphatic hydroxyl groups is 1. The standard InChI is InChI=1S/C19H27N3O5/c1-12(2)16(11-23)20-17(24)9-8-15-18(25)22(19(26)21-15)10-13-4-6-14(27-3)7-5-13/h4-7,12,15-16,23H,8-11H2,1-3H3,(H,20,24)(H,21,26). The van der Waals surface area contributed by atoms with Crippen LogP contribution in [0.2, 0.25) is 0 Å². The normalized spacial score (nSPS) is 17.8. The molecule has 1 fully saturated rings. The van der Waals surface area contributed by atoms with Crippen molar-refractivity contribution in [2.75, 3.05) is 13.7 Å². The Balaban J connectivity index is 1.88. The molecule has 0 spiro atoms. The number of methoxy groups -OCH3 is 1. The van der Waals surface area contributed by atoms with Gasteiger partial charge >= 0.3 is 6.03 Å². The van der Waals surface area contributed by atoms with Crippen molar-refractivity contribution in [2.45, 2.75) is 45.3 Å². The monoisotopic (exact) mass is 377 g/mol. The lowest BCUT2D eigenvalue weighted by Crippen LogP contribution is -2.42. The fourth-order valence-electron chi connectivity index (χ4n) is 2.81. The van der Waals surface area contributed by atoms with E-state index in [1.54, 1.807) is 31.4 Å². The molecule has 0 radical (unpaired) electrons. The van der Waals surface area contributed by atoms with Crippen LogP contribution in [-0.2, 0) is 16.1 Å². The van der Waals surface area contributed by atoms with E-state index in [0.717, 1.165) is 10.5 Å². The number of nitrogens with one attached hydrogen (secondary N) is 2. The van der Waals surface area contributed by atoms with Crippen LogP contribution in [0.25, 0.3) is 0 Å². The molecule has 0 aromatic heterocycles. The molecule has 2 unspecified atom stereocenters. The number of imide groups is 1. The third-order valence-electron chi connectivity index (χ3n) is 4.61. The summed E-state index contributed by atoms with van der Waals surface area (Å²) in [5.74, 6) is 0.207. The molecular weight excluding hydrogens is 350 g/mol. The number of carbonyl (C=O) groups excluding carboxylic acids is 3. The van der Waals surface area contributed by atoms with Gasteiger partial charge in [0.1, 0.15) is 11.8 Å². The number of urea groups is 1. The summed E-state index contributed by atoms with van der Waals surface area (Å²) in [7, 11) is 1.57. The number of nitrogens with zero attached hydrogens (tertiary/aromatic N) is 1. The summed E-state index contributed by atoms with van der Waals surface area (Å²) in [4.78, 5) is 37.8. The Hall–Kier alpha value is -2.61. The lowest BCUT2D eigenvalue weighted by atomic mass is 10.0. The third-order valence-corrected chi connectivity index (χ3v) is 4.61. The largest absolute Gasteiger partial charge is 0.497 e. The van der Waals surface area contributed by atoms with Crippen LogP contribution in [0.3, 0.4) is 0 Å². The van der Waals surface area contributed by atoms with E-state index in [1.165, 1.54) is 0 Å². The average molecular weight is 377 g/mol. The van der Waals surface area contributed by atoms with Gasteiger partial charge in [-0.2, -0.15) is 0 Å². The van der Waals surface area contributed by atoms with Crippen LogP contribution in [0.5, 0.6) is 5.75 Å². The summed E-state index contributed by atoms with van der Waals surface area (Å²) in [5.41, 5.74) is 0.806. The highest BCUT2D eigenvalue weighted by Crippen LogP contribution is 2.17. The first kappa shape index (κ1) is 20.7. The maximum Gasteiger partial charge on any atom is 0.325 e. The predicted molar refractivity (Wildman–Crippen MR) is 99.0 cm³/mol. The van der Waals surface area contributed by atoms with Gasteiger partial charge in [0, 0.05) is 6.42 Å². The molecule has 1 aromatic rings. The first-order chi connectivity index (χ1) is 12.8. The van der Waals surface area contributed by atoms with Gasteiger partial charge in [-0.15, -0.1) is 0 Å². The van der Waals surface area contributed by atoms with Crippen molar-refractivity contribution in [1.29, 1.82) is 0 Å². The highest BCUT2D eigenvalue weighted by molar-refractivity contribution is 6.04. The van der Waals surface area contributed by atoms with Gasteiger partial charge in [-0.3, -0.25) is 14.5 Å². The van der Waals surface area contributed by atoms with Crippen LogP contribution in [-0.4, -0.2) is 53.7 Å². The SMILES string of the molecule is COc1ccc(CN2C(=O)NC(CCC(=O)NC(CO)C(C)C)C2=O)cc1. The van der Waals surface area contributed by atoms with Crippen molar-refractivity contribution in [3.8, 4) is 5.75 Å². The average Bonchev–Trinajstić information content (AvgIpc) is 2.92. The minimum Gasteiger partial charge on any atom is -0.497 e. The Kier molecular flexibility index (Phi) is 7.18. The predicted octanol–water partition coefficient (Wildman–Crippen LogP) is 1.03. The van der Waals surface area contributed by atoms with Crippen LogP contribution in [0.1, 0.15) is 32.3 Å². The molecule has 0 aliphatic carbocycles. The molecule has 0 saturated carbocycles. The maximum absolute atomic E-state index is 12.5. The zero-order valence-corrected chi connectivity index (χ0v) is 15.9. The van der Waals surface area contributed by atoms with Crippen molar-refractivity contribution in [3.63, 3.8) is 0 Å². The molecule has 3 N–H and O–H groups in total. The Labute approximate surface area is 158 Å². The molecule has 2 rings (SSSR count). The van der Waals surface area contributed by atoms with Crippen molar-refractivity contribution in [3.05, 3.63) is 29.8 Å². The zero-order valence-electron chi connectivity index (χ0n) is 15.9. The van der Waals surface area contributed by atoms with E-state index in [2.05, 4.69) is 10.6 Å². The zero-order chi connectivity index (χ0) is 20.0. The summed E-state index contributed by atoms with van der Waals surface area (Å²) in [5, 5.41) is 14.6. The Morgan fingerprint density at radius 1 is 1.30 bits per heavy atom. The number of amides is 4. The van der Waals surface area contributed by atoms with Crippen LogP contribution < -0.4 is 15.4 Å². The molecule has 2 atom stereocenters. The number of aliphatic hydroxyl groups excluding tert-OH is 1. The first-order valence-electron chi connectivity index (χ1n) is 9.00. The number of rotatable bonds is 9. The summed E-state index contributed by atoms with van der Waals surface area (Å²) in [6.07, 6.45) is 0.308. The Morgan fingerprint density at radius 3 is 2.52 bits per heavy atom. The van der Waals surface area contributed by atoms with Gasteiger partial charge < -0.3 is 20.5 Å². The molecule has 0 bridgehead atoms.